The molecule has 6 heteroatoms. The highest BCUT2D eigenvalue weighted by Crippen LogP contribution is 2.32. The van der Waals surface area contributed by atoms with E-state index in [0.29, 0.717) is 22.7 Å². The molecular formula is C17H16N2O4. The highest BCUT2D eigenvalue weighted by atomic mass is 16.5. The van der Waals surface area contributed by atoms with E-state index in [0.717, 1.165) is 9.80 Å². The van der Waals surface area contributed by atoms with Gasteiger partial charge in [0.25, 0.3) is 11.8 Å². The predicted octanol–water partition coefficient (Wildman–Crippen LogP) is 2.06. The van der Waals surface area contributed by atoms with Crippen LogP contribution in [-0.4, -0.2) is 41.7 Å². The van der Waals surface area contributed by atoms with Crippen molar-refractivity contribution in [1.29, 1.82) is 0 Å². The van der Waals surface area contributed by atoms with Crippen LogP contribution in [0, 0.1) is 0 Å². The lowest BCUT2D eigenvalue weighted by Crippen LogP contribution is -2.53. The topological polar surface area (TPSA) is 66.9 Å². The maximum atomic E-state index is 12.5. The standard InChI is InChI=1S/C17H16N2O4/c1-6-10-9-12(11(7-2)13(8-3)23-10)14-15(20)18(4)17(22)19(5)16(14)21/h6-9H,1-3H2,4-5H3. The summed E-state index contributed by atoms with van der Waals surface area (Å²) in [6, 6.07) is -0.683. The number of likely N-dealkylation sites (N-methyl/N-ethyl adjacent to an activating group) is 2. The lowest BCUT2D eigenvalue weighted by Gasteiger charge is -2.31. The molecule has 2 aliphatic rings. The van der Waals surface area contributed by atoms with Crippen molar-refractivity contribution in [3.8, 4) is 0 Å². The Morgan fingerprint density at radius 1 is 0.957 bits per heavy atom. The number of allylic oxidation sites excluding steroid dienone is 6. The molecule has 0 unspecified atom stereocenters. The van der Waals surface area contributed by atoms with Crippen molar-refractivity contribution in [3.05, 3.63) is 72.3 Å². The van der Waals surface area contributed by atoms with E-state index >= 15 is 0 Å². The van der Waals surface area contributed by atoms with E-state index < -0.39 is 17.8 Å². The molecule has 0 spiro atoms. The minimum atomic E-state index is -0.683. The zero-order valence-electron chi connectivity index (χ0n) is 13.0. The number of carbonyl (C=O) groups excluding carboxylic acids is 3. The summed E-state index contributed by atoms with van der Waals surface area (Å²) in [6.07, 6.45) is 5.87. The molecule has 2 rings (SSSR count). The summed E-state index contributed by atoms with van der Waals surface area (Å²) in [5.41, 5.74) is 0.627. The van der Waals surface area contributed by atoms with Crippen LogP contribution in [0.25, 0.3) is 0 Å². The molecule has 2 heterocycles. The first-order chi connectivity index (χ1) is 10.9. The summed E-state index contributed by atoms with van der Waals surface area (Å²) in [7, 11) is 2.63. The minimum absolute atomic E-state index is 0.133. The first kappa shape index (κ1) is 16.2. The van der Waals surface area contributed by atoms with Crippen molar-refractivity contribution in [2.24, 2.45) is 0 Å². The number of ether oxygens (including phenoxy) is 1. The van der Waals surface area contributed by atoms with Crippen LogP contribution >= 0.6 is 0 Å². The second kappa shape index (κ2) is 5.92. The molecule has 0 atom stereocenters. The highest BCUT2D eigenvalue weighted by Gasteiger charge is 2.40. The number of hydrogen-bond donors (Lipinski definition) is 0. The normalized spacial score (nSPS) is 18.9. The Kier molecular flexibility index (Phi) is 4.18. The molecule has 2 aliphatic heterocycles. The van der Waals surface area contributed by atoms with Crippen LogP contribution in [0.15, 0.2) is 72.3 Å². The maximum Gasteiger partial charge on any atom is 0.333 e. The molecule has 0 N–H and O–H groups in total. The van der Waals surface area contributed by atoms with Gasteiger partial charge in [0.1, 0.15) is 17.1 Å². The van der Waals surface area contributed by atoms with Crippen LogP contribution in [0.1, 0.15) is 0 Å². The summed E-state index contributed by atoms with van der Waals surface area (Å²) in [4.78, 5) is 38.5. The Balaban J connectivity index is 2.79. The Hall–Kier alpha value is -3.15. The molecule has 0 aromatic rings. The molecule has 0 aliphatic carbocycles. The lowest BCUT2D eigenvalue weighted by atomic mass is 9.93. The number of imide groups is 2. The van der Waals surface area contributed by atoms with Crippen molar-refractivity contribution >= 4 is 17.8 Å². The van der Waals surface area contributed by atoms with Gasteiger partial charge in [0.05, 0.1) is 0 Å². The van der Waals surface area contributed by atoms with Crippen molar-refractivity contribution in [3.63, 3.8) is 0 Å². The summed E-state index contributed by atoms with van der Waals surface area (Å²) in [6.45, 7) is 11.0. The predicted molar refractivity (Wildman–Crippen MR) is 84.7 cm³/mol. The van der Waals surface area contributed by atoms with E-state index in [1.165, 1.54) is 38.4 Å². The third-order valence-corrected chi connectivity index (χ3v) is 3.54. The second-order valence-corrected chi connectivity index (χ2v) is 4.84. The number of hydrogen-bond acceptors (Lipinski definition) is 4. The van der Waals surface area contributed by atoms with Gasteiger partial charge in [0.2, 0.25) is 0 Å². The Morgan fingerprint density at radius 3 is 1.96 bits per heavy atom. The zero-order chi connectivity index (χ0) is 17.3. The fourth-order valence-corrected chi connectivity index (χ4v) is 2.29. The molecule has 4 amide bonds. The van der Waals surface area contributed by atoms with Crippen LogP contribution in [0.5, 0.6) is 0 Å². The van der Waals surface area contributed by atoms with Gasteiger partial charge in [-0.2, -0.15) is 0 Å². The number of urea groups is 1. The van der Waals surface area contributed by atoms with Gasteiger partial charge in [-0.3, -0.25) is 19.4 Å². The average Bonchev–Trinajstić information content (AvgIpc) is 2.57. The van der Waals surface area contributed by atoms with Crippen LogP contribution in [0.2, 0.25) is 0 Å². The first-order valence-electron chi connectivity index (χ1n) is 6.73. The fraction of sp³-hybridized carbons (Fsp3) is 0.118. The van der Waals surface area contributed by atoms with Crippen LogP contribution in [-0.2, 0) is 14.3 Å². The Labute approximate surface area is 134 Å². The van der Waals surface area contributed by atoms with Crippen LogP contribution < -0.4 is 0 Å². The molecule has 0 radical (unpaired) electrons. The Morgan fingerprint density at radius 2 is 1.52 bits per heavy atom. The van der Waals surface area contributed by atoms with Crippen molar-refractivity contribution in [2.75, 3.05) is 14.1 Å². The molecule has 1 saturated heterocycles. The number of amides is 4. The fourth-order valence-electron chi connectivity index (χ4n) is 2.29. The van der Waals surface area contributed by atoms with Gasteiger partial charge in [-0.25, -0.2) is 4.79 Å². The van der Waals surface area contributed by atoms with E-state index in [-0.39, 0.29) is 5.57 Å². The second-order valence-electron chi connectivity index (χ2n) is 4.84. The van der Waals surface area contributed by atoms with E-state index in [4.69, 9.17) is 4.74 Å². The summed E-state index contributed by atoms with van der Waals surface area (Å²) in [5, 5.41) is 0. The molecule has 118 valence electrons. The summed E-state index contributed by atoms with van der Waals surface area (Å²) in [5.74, 6) is -0.659. The van der Waals surface area contributed by atoms with Gasteiger partial charge in [-0.15, -0.1) is 0 Å². The highest BCUT2D eigenvalue weighted by molar-refractivity contribution is 6.29. The first-order valence-corrected chi connectivity index (χ1v) is 6.73. The van der Waals surface area contributed by atoms with Gasteiger partial charge in [-0.1, -0.05) is 25.8 Å². The third kappa shape index (κ3) is 2.44. The zero-order valence-corrected chi connectivity index (χ0v) is 13.0. The molecule has 0 saturated carbocycles. The molecule has 1 fully saturated rings. The molecule has 23 heavy (non-hydrogen) atoms. The lowest BCUT2D eigenvalue weighted by molar-refractivity contribution is -0.134. The van der Waals surface area contributed by atoms with E-state index in [2.05, 4.69) is 19.7 Å². The maximum absolute atomic E-state index is 12.5. The van der Waals surface area contributed by atoms with Crippen LogP contribution in [0.3, 0.4) is 0 Å². The number of rotatable bonds is 3. The van der Waals surface area contributed by atoms with E-state index in [1.54, 1.807) is 0 Å². The van der Waals surface area contributed by atoms with Gasteiger partial charge >= 0.3 is 6.03 Å². The van der Waals surface area contributed by atoms with E-state index in [1.807, 2.05) is 0 Å². The van der Waals surface area contributed by atoms with Crippen molar-refractivity contribution in [1.82, 2.24) is 9.80 Å². The smallest absolute Gasteiger partial charge is 0.333 e. The van der Waals surface area contributed by atoms with E-state index in [9.17, 15) is 14.4 Å². The average molecular weight is 312 g/mol. The van der Waals surface area contributed by atoms with Crippen LogP contribution in [0.4, 0.5) is 4.79 Å². The molecule has 0 bridgehead atoms. The van der Waals surface area contributed by atoms with Gasteiger partial charge in [0.15, 0.2) is 0 Å². The number of barbiturate groups is 1. The molecular weight excluding hydrogens is 296 g/mol. The van der Waals surface area contributed by atoms with Gasteiger partial charge in [0, 0.05) is 25.2 Å². The SMILES string of the molecule is C=CC1=CC(=C2C(=O)N(C)C(=O)N(C)C2=O)C(C=C)=C(C=C)O1. The van der Waals surface area contributed by atoms with Gasteiger partial charge in [-0.05, 0) is 18.2 Å². The molecule has 0 aromatic carbocycles. The quantitative estimate of drug-likeness (QED) is 0.591. The number of nitrogens with zero attached hydrogens (tertiary/aromatic N) is 2. The summed E-state index contributed by atoms with van der Waals surface area (Å²) >= 11 is 0. The third-order valence-electron chi connectivity index (χ3n) is 3.54. The van der Waals surface area contributed by atoms with Crippen molar-refractivity contribution in [2.45, 2.75) is 0 Å². The molecule has 6 nitrogen and oxygen atoms in total. The van der Waals surface area contributed by atoms with Crippen molar-refractivity contribution < 1.29 is 19.1 Å². The molecule has 0 aromatic heterocycles. The minimum Gasteiger partial charge on any atom is -0.457 e. The summed E-state index contributed by atoms with van der Waals surface area (Å²) < 4.78 is 5.54. The largest absolute Gasteiger partial charge is 0.457 e. The van der Waals surface area contributed by atoms with Gasteiger partial charge < -0.3 is 4.74 Å². The Bertz CT molecular complexity index is 727. The number of carbonyl (C=O) groups is 3. The monoisotopic (exact) mass is 312 g/mol.